The van der Waals surface area contributed by atoms with Gasteiger partial charge in [-0.15, -0.1) is 0 Å². The largest absolute Gasteiger partial charge is 0.344 e. The first-order valence-corrected chi connectivity index (χ1v) is 17.0. The monoisotopic (exact) mass is 546 g/mol. The second-order valence-corrected chi connectivity index (χ2v) is 15.0. The molecule has 0 aromatic rings. The number of allylic oxidation sites excluding steroid dienone is 6. The molecule has 34 heavy (non-hydrogen) atoms. The van der Waals surface area contributed by atoms with Crippen LogP contribution in [0, 0.1) is 0 Å². The molecular formula is C24H44N4O2P2S2. The van der Waals surface area contributed by atoms with Crippen LogP contribution in [0.4, 0.5) is 0 Å². The van der Waals surface area contributed by atoms with Crippen LogP contribution in [-0.2, 0) is 9.13 Å². The Kier molecular flexibility index (Phi) is 17.5. The van der Waals surface area contributed by atoms with E-state index in [0.29, 0.717) is 61.1 Å². The number of nitrogens with zero attached hydrogens (tertiary/aromatic N) is 2. The Morgan fingerprint density at radius 1 is 0.676 bits per heavy atom. The average Bonchev–Trinajstić information content (AvgIpc) is 2.84. The first kappa shape index (κ1) is 32.8. The van der Waals surface area contributed by atoms with Gasteiger partial charge in [-0.3, -0.25) is 0 Å². The second kappa shape index (κ2) is 18.1. The lowest BCUT2D eigenvalue weighted by Gasteiger charge is -2.32. The third-order valence-electron chi connectivity index (χ3n) is 5.39. The van der Waals surface area contributed by atoms with E-state index in [-0.39, 0.29) is 0 Å². The fourth-order valence-corrected chi connectivity index (χ4v) is 6.64. The summed E-state index contributed by atoms with van der Waals surface area (Å²) in [6, 6.07) is 0. The van der Waals surface area contributed by atoms with E-state index in [2.05, 4.69) is 10.2 Å². The normalized spacial score (nSPS) is 12.8. The van der Waals surface area contributed by atoms with E-state index >= 15 is 0 Å². The third-order valence-corrected chi connectivity index (χ3v) is 11.7. The Balaban J connectivity index is 5.65. The number of hydrogen-bond donors (Lipinski definition) is 2. The highest BCUT2D eigenvalue weighted by Crippen LogP contribution is 2.40. The van der Waals surface area contributed by atoms with Gasteiger partial charge in [0.2, 0.25) is 0 Å². The molecular weight excluding hydrogens is 502 g/mol. The lowest BCUT2D eigenvalue weighted by molar-refractivity contribution is 0.372. The van der Waals surface area contributed by atoms with Gasteiger partial charge >= 0.3 is 0 Å². The molecule has 0 fully saturated rings. The van der Waals surface area contributed by atoms with Crippen LogP contribution in [0.3, 0.4) is 0 Å². The molecule has 194 valence electrons. The predicted molar refractivity (Wildman–Crippen MR) is 160 cm³/mol. The van der Waals surface area contributed by atoms with Crippen LogP contribution in [0.1, 0.15) is 41.5 Å². The lowest BCUT2D eigenvalue weighted by atomic mass is 10.4. The highest BCUT2D eigenvalue weighted by atomic mass is 32.1. The minimum atomic E-state index is -2.54. The van der Waals surface area contributed by atoms with Crippen molar-refractivity contribution in [2.45, 2.75) is 41.5 Å². The zero-order valence-corrected chi connectivity index (χ0v) is 25.1. The molecule has 0 spiro atoms. The molecule has 10 heteroatoms. The maximum Gasteiger partial charge on any atom is 0.174 e. The predicted octanol–water partition coefficient (Wildman–Crippen LogP) is 6.24. The van der Waals surface area contributed by atoms with Crippen LogP contribution in [0.5, 0.6) is 0 Å². The van der Waals surface area contributed by atoms with Crippen molar-refractivity contribution in [3.8, 4) is 0 Å². The van der Waals surface area contributed by atoms with E-state index in [0.717, 1.165) is 0 Å². The van der Waals surface area contributed by atoms with E-state index in [1.165, 1.54) is 0 Å². The van der Waals surface area contributed by atoms with Crippen LogP contribution in [0.15, 0.2) is 48.6 Å². The van der Waals surface area contributed by atoms with Gasteiger partial charge in [0.25, 0.3) is 0 Å². The summed E-state index contributed by atoms with van der Waals surface area (Å²) in [5, 5.41) is 7.22. The molecule has 0 amide bonds. The summed E-state index contributed by atoms with van der Waals surface area (Å²) >= 11 is 11.3. The average molecular weight is 547 g/mol. The first-order valence-electron chi connectivity index (χ1n) is 12.0. The van der Waals surface area contributed by atoms with Crippen LogP contribution >= 0.6 is 39.0 Å². The third kappa shape index (κ3) is 13.0. The van der Waals surface area contributed by atoms with E-state index in [1.807, 2.05) is 100.0 Å². The zero-order chi connectivity index (χ0) is 26.0. The van der Waals surface area contributed by atoms with Gasteiger partial charge in [-0.1, -0.05) is 76.3 Å². The molecule has 0 aliphatic carbocycles. The molecule has 2 N–H and O–H groups in total. The van der Waals surface area contributed by atoms with E-state index in [1.54, 1.807) is 0 Å². The molecule has 6 nitrogen and oxygen atoms in total. The summed E-state index contributed by atoms with van der Waals surface area (Å²) in [5.41, 5.74) is 0. The van der Waals surface area contributed by atoms with Gasteiger partial charge in [0.05, 0.1) is 0 Å². The zero-order valence-electron chi connectivity index (χ0n) is 21.7. The molecule has 0 radical (unpaired) electrons. The molecule has 0 unspecified atom stereocenters. The number of thiocarbonyl (C=S) groups is 2. The van der Waals surface area contributed by atoms with Crippen molar-refractivity contribution in [1.82, 2.24) is 20.0 Å². The Morgan fingerprint density at radius 2 is 1.00 bits per heavy atom. The fraction of sp³-hybridized carbons (Fsp3) is 0.583. The quantitative estimate of drug-likeness (QED) is 0.142. The summed E-state index contributed by atoms with van der Waals surface area (Å²) in [5.74, 6) is 0. The first-order chi connectivity index (χ1) is 16.1. The van der Waals surface area contributed by atoms with Gasteiger partial charge in [0.15, 0.2) is 24.8 Å². The maximum absolute atomic E-state index is 13.0. The van der Waals surface area contributed by atoms with Crippen LogP contribution in [0.25, 0.3) is 0 Å². The van der Waals surface area contributed by atoms with E-state index in [4.69, 9.17) is 24.4 Å². The van der Waals surface area contributed by atoms with Crippen molar-refractivity contribution in [2.75, 3.05) is 50.8 Å². The highest BCUT2D eigenvalue weighted by Gasteiger charge is 2.23. The van der Waals surface area contributed by atoms with Gasteiger partial charge in [-0.05, 0) is 38.3 Å². The standard InChI is InChI=1S/C24H44N4O2P2S2/c1-7-13-15-17-19-27(23(33)25-31(29,9-3)10-4)21-22-28(20-18-16-14-8-2)24(34)26-32(30,11-5)12-6/h7-8,13-18H,9-12,19-22H2,1-6H3,(H,25,29,33)(H,26,30,34)/b13-7+,14-8+,17-15+,18-16+. The number of nitrogens with one attached hydrogen (secondary N) is 2. The molecule has 0 atom stereocenters. The van der Waals surface area contributed by atoms with Gasteiger partial charge in [-0.25, -0.2) is 0 Å². The summed E-state index contributed by atoms with van der Waals surface area (Å²) in [4.78, 5) is 4.00. The van der Waals surface area contributed by atoms with Crippen molar-refractivity contribution in [3.05, 3.63) is 48.6 Å². The van der Waals surface area contributed by atoms with Crippen LogP contribution in [0.2, 0.25) is 0 Å². The minimum absolute atomic E-state index is 0.480. The molecule has 0 bridgehead atoms. The smallest absolute Gasteiger partial charge is 0.174 e. The summed E-state index contributed by atoms with van der Waals surface area (Å²) in [6.07, 6.45) is 18.0. The number of hydrogen-bond acceptors (Lipinski definition) is 4. The van der Waals surface area contributed by atoms with Crippen LogP contribution < -0.4 is 10.2 Å². The summed E-state index contributed by atoms with van der Waals surface area (Å²) in [7, 11) is -5.08. The molecule has 0 saturated heterocycles. The van der Waals surface area contributed by atoms with Gasteiger partial charge < -0.3 is 29.1 Å². The molecule has 0 aliphatic rings. The van der Waals surface area contributed by atoms with Crippen molar-refractivity contribution in [1.29, 1.82) is 0 Å². The van der Waals surface area contributed by atoms with Gasteiger partial charge in [0, 0.05) is 50.8 Å². The maximum atomic E-state index is 13.0. The second-order valence-electron chi connectivity index (χ2n) is 7.68. The minimum Gasteiger partial charge on any atom is -0.344 e. The molecule has 0 aliphatic heterocycles. The molecule has 0 rings (SSSR count). The van der Waals surface area contributed by atoms with Gasteiger partial charge in [0.1, 0.15) is 0 Å². The topological polar surface area (TPSA) is 64.7 Å². The van der Waals surface area contributed by atoms with Gasteiger partial charge in [-0.2, -0.15) is 0 Å². The highest BCUT2D eigenvalue weighted by molar-refractivity contribution is 7.81. The SMILES string of the molecule is C/C=C/C=C/CN(CCN(C/C=C/C=C/C)C(=S)NP(=O)(CC)CC)C(=S)NP(=O)(CC)CC. The summed E-state index contributed by atoms with van der Waals surface area (Å²) < 4.78 is 25.9. The van der Waals surface area contributed by atoms with Crippen molar-refractivity contribution >= 4 is 49.2 Å². The molecule has 0 aromatic carbocycles. The van der Waals surface area contributed by atoms with Crippen molar-refractivity contribution in [3.63, 3.8) is 0 Å². The molecule has 0 aromatic heterocycles. The molecule has 0 heterocycles. The van der Waals surface area contributed by atoms with E-state index in [9.17, 15) is 9.13 Å². The van der Waals surface area contributed by atoms with Crippen molar-refractivity contribution in [2.24, 2.45) is 0 Å². The molecule has 0 saturated carbocycles. The Labute approximate surface area is 218 Å². The Hall–Kier alpha value is -1.20. The lowest BCUT2D eigenvalue weighted by Crippen LogP contribution is -2.46. The van der Waals surface area contributed by atoms with Crippen LogP contribution in [-0.4, -0.2) is 70.9 Å². The fourth-order valence-electron chi connectivity index (χ4n) is 2.80. The van der Waals surface area contributed by atoms with E-state index < -0.39 is 14.6 Å². The Bertz CT molecular complexity index is 757. The summed E-state index contributed by atoms with van der Waals surface area (Å²) in [6.45, 7) is 13.9. The van der Waals surface area contributed by atoms with Crippen molar-refractivity contribution < 1.29 is 9.13 Å². The number of rotatable bonds is 15. The Morgan fingerprint density at radius 3 is 1.26 bits per heavy atom.